The Morgan fingerprint density at radius 3 is 2.38 bits per heavy atom. The Morgan fingerprint density at radius 2 is 1.83 bits per heavy atom. The molecule has 0 aliphatic heterocycles. The van der Waals surface area contributed by atoms with Crippen molar-refractivity contribution in [3.05, 3.63) is 52.5 Å². The van der Waals surface area contributed by atoms with Crippen LogP contribution in [0.5, 0.6) is 0 Å². The first kappa shape index (κ1) is 18.2. The van der Waals surface area contributed by atoms with Crippen molar-refractivity contribution in [1.29, 1.82) is 0 Å². The van der Waals surface area contributed by atoms with E-state index in [1.807, 2.05) is 19.9 Å². The highest BCUT2D eigenvalue weighted by Gasteiger charge is 2.21. The lowest BCUT2D eigenvalue weighted by Gasteiger charge is -2.15. The molecule has 1 amide bonds. The minimum absolute atomic E-state index is 0.108. The van der Waals surface area contributed by atoms with Gasteiger partial charge in [0.2, 0.25) is 10.0 Å². The first-order chi connectivity index (χ1) is 11.2. The normalized spacial score (nSPS) is 12.9. The van der Waals surface area contributed by atoms with Gasteiger partial charge in [-0.2, -0.15) is 0 Å². The van der Waals surface area contributed by atoms with E-state index in [9.17, 15) is 13.2 Å². The Bertz CT molecular complexity index is 869. The van der Waals surface area contributed by atoms with Crippen molar-refractivity contribution < 1.29 is 17.6 Å². The summed E-state index contributed by atoms with van der Waals surface area (Å²) < 4.78 is 32.1. The maximum atomic E-state index is 12.5. The lowest BCUT2D eigenvalue weighted by molar-refractivity contribution is 0.0935. The van der Waals surface area contributed by atoms with E-state index in [1.165, 1.54) is 13.1 Å². The average molecular weight is 350 g/mol. The lowest BCUT2D eigenvalue weighted by atomic mass is 10.1. The van der Waals surface area contributed by atoms with E-state index < -0.39 is 10.0 Å². The molecule has 0 bridgehead atoms. The van der Waals surface area contributed by atoms with Crippen LogP contribution >= 0.6 is 0 Å². The van der Waals surface area contributed by atoms with Gasteiger partial charge in [-0.15, -0.1) is 0 Å². The Morgan fingerprint density at radius 1 is 1.17 bits per heavy atom. The highest BCUT2D eigenvalue weighted by atomic mass is 32.2. The minimum Gasteiger partial charge on any atom is -0.464 e. The summed E-state index contributed by atoms with van der Waals surface area (Å²) in [6, 6.07) is 6.38. The fraction of sp³-hybridized carbons (Fsp3) is 0.353. The molecule has 1 heterocycles. The molecular weight excluding hydrogens is 328 g/mol. The van der Waals surface area contributed by atoms with Crippen molar-refractivity contribution in [2.24, 2.45) is 0 Å². The smallest absolute Gasteiger partial charge is 0.251 e. The predicted octanol–water partition coefficient (Wildman–Crippen LogP) is 2.60. The maximum Gasteiger partial charge on any atom is 0.251 e. The Kier molecular flexibility index (Phi) is 5.15. The number of nitrogens with one attached hydrogen (secondary N) is 2. The minimum atomic E-state index is -3.63. The summed E-state index contributed by atoms with van der Waals surface area (Å²) in [4.78, 5) is 12.6. The number of furan rings is 1. The third-order valence-electron chi connectivity index (χ3n) is 3.98. The van der Waals surface area contributed by atoms with Crippen molar-refractivity contribution in [3.8, 4) is 0 Å². The SMILES string of the molecule is CNS(=O)(=O)c1cc(C(=O)N[C@H](C)c2ccc(C)o2)cc(C)c1C. The van der Waals surface area contributed by atoms with Crippen LogP contribution in [0.15, 0.2) is 33.6 Å². The van der Waals surface area contributed by atoms with Gasteiger partial charge < -0.3 is 9.73 Å². The van der Waals surface area contributed by atoms with E-state index in [0.29, 0.717) is 16.9 Å². The standard InChI is InChI=1S/C17H22N2O4S/c1-10-8-14(9-16(12(10)3)24(21,22)18-5)17(20)19-13(4)15-7-6-11(2)23-15/h6-9,13,18H,1-5H3,(H,19,20)/t13-/m1/s1. The predicted molar refractivity (Wildman–Crippen MR) is 91.5 cm³/mol. The Hall–Kier alpha value is -2.12. The molecule has 2 rings (SSSR count). The zero-order chi connectivity index (χ0) is 18.1. The van der Waals surface area contributed by atoms with Crippen LogP contribution in [0.3, 0.4) is 0 Å². The average Bonchev–Trinajstić information content (AvgIpc) is 2.96. The topological polar surface area (TPSA) is 88.4 Å². The number of hydrogen-bond donors (Lipinski definition) is 2. The summed E-state index contributed by atoms with van der Waals surface area (Å²) in [5.74, 6) is 1.06. The summed E-state index contributed by atoms with van der Waals surface area (Å²) in [5, 5.41) is 2.82. The molecule has 0 spiro atoms. The summed E-state index contributed by atoms with van der Waals surface area (Å²) in [5.41, 5.74) is 1.65. The van der Waals surface area contributed by atoms with Gasteiger partial charge in [0.15, 0.2) is 0 Å². The van der Waals surface area contributed by atoms with Crippen LogP contribution in [-0.4, -0.2) is 21.4 Å². The molecule has 0 saturated heterocycles. The van der Waals surface area contributed by atoms with Gasteiger partial charge in [0.05, 0.1) is 10.9 Å². The largest absolute Gasteiger partial charge is 0.464 e. The summed E-state index contributed by atoms with van der Waals surface area (Å²) in [7, 11) is -2.29. The monoisotopic (exact) mass is 350 g/mol. The molecule has 2 aromatic rings. The third kappa shape index (κ3) is 3.68. The third-order valence-corrected chi connectivity index (χ3v) is 5.52. The first-order valence-corrected chi connectivity index (χ1v) is 9.06. The van der Waals surface area contributed by atoms with Crippen LogP contribution in [0.4, 0.5) is 0 Å². The first-order valence-electron chi connectivity index (χ1n) is 7.57. The second-order valence-corrected chi connectivity index (χ2v) is 7.62. The molecule has 1 aromatic carbocycles. The molecule has 0 aliphatic rings. The molecule has 0 aliphatic carbocycles. The van der Waals surface area contributed by atoms with Crippen molar-refractivity contribution in [3.63, 3.8) is 0 Å². The van der Waals surface area contributed by atoms with Gasteiger partial charge in [0.25, 0.3) is 5.91 Å². The fourth-order valence-electron chi connectivity index (χ4n) is 2.38. The van der Waals surface area contributed by atoms with Gasteiger partial charge in [0, 0.05) is 5.56 Å². The molecule has 1 atom stereocenters. The van der Waals surface area contributed by atoms with Gasteiger partial charge in [-0.25, -0.2) is 13.1 Å². The van der Waals surface area contributed by atoms with Crippen LogP contribution in [0.25, 0.3) is 0 Å². The molecule has 0 saturated carbocycles. The molecule has 130 valence electrons. The molecule has 1 aromatic heterocycles. The molecule has 6 nitrogen and oxygen atoms in total. The number of benzene rings is 1. The Labute approximate surface area is 142 Å². The zero-order valence-electron chi connectivity index (χ0n) is 14.4. The van der Waals surface area contributed by atoms with E-state index in [1.54, 1.807) is 26.0 Å². The van der Waals surface area contributed by atoms with E-state index in [-0.39, 0.29) is 16.8 Å². The molecular formula is C17H22N2O4S. The van der Waals surface area contributed by atoms with E-state index >= 15 is 0 Å². The maximum absolute atomic E-state index is 12.5. The quantitative estimate of drug-likeness (QED) is 0.867. The van der Waals surface area contributed by atoms with E-state index in [2.05, 4.69) is 10.0 Å². The summed E-state index contributed by atoms with van der Waals surface area (Å²) in [6.45, 7) is 7.13. The second kappa shape index (κ2) is 6.78. The molecule has 7 heteroatoms. The highest BCUT2D eigenvalue weighted by Crippen LogP contribution is 2.22. The van der Waals surface area contributed by atoms with Gasteiger partial charge in [-0.05, 0) is 70.1 Å². The van der Waals surface area contributed by atoms with Gasteiger partial charge in [-0.1, -0.05) is 0 Å². The molecule has 0 fully saturated rings. The van der Waals surface area contributed by atoms with E-state index in [0.717, 1.165) is 11.3 Å². The van der Waals surface area contributed by atoms with Crippen molar-refractivity contribution >= 4 is 15.9 Å². The van der Waals surface area contributed by atoms with Gasteiger partial charge in [0.1, 0.15) is 11.5 Å². The van der Waals surface area contributed by atoms with Crippen molar-refractivity contribution in [2.45, 2.75) is 38.6 Å². The van der Waals surface area contributed by atoms with Crippen LogP contribution < -0.4 is 10.0 Å². The number of hydrogen-bond acceptors (Lipinski definition) is 4. The van der Waals surface area contributed by atoms with Crippen LogP contribution in [-0.2, 0) is 10.0 Å². The molecule has 0 unspecified atom stereocenters. The van der Waals surface area contributed by atoms with Crippen molar-refractivity contribution in [2.75, 3.05) is 7.05 Å². The van der Waals surface area contributed by atoms with Crippen molar-refractivity contribution in [1.82, 2.24) is 10.0 Å². The van der Waals surface area contributed by atoms with Crippen LogP contribution in [0.2, 0.25) is 0 Å². The molecule has 24 heavy (non-hydrogen) atoms. The van der Waals surface area contributed by atoms with Gasteiger partial charge >= 0.3 is 0 Å². The molecule has 2 N–H and O–H groups in total. The van der Waals surface area contributed by atoms with Gasteiger partial charge in [-0.3, -0.25) is 4.79 Å². The summed E-state index contributed by atoms with van der Waals surface area (Å²) >= 11 is 0. The number of aryl methyl sites for hydroxylation is 2. The summed E-state index contributed by atoms with van der Waals surface area (Å²) in [6.07, 6.45) is 0. The van der Waals surface area contributed by atoms with Crippen LogP contribution in [0, 0.1) is 20.8 Å². The lowest BCUT2D eigenvalue weighted by Crippen LogP contribution is -2.27. The number of carbonyl (C=O) groups is 1. The number of carbonyl (C=O) groups excluding carboxylic acids is 1. The zero-order valence-corrected chi connectivity index (χ0v) is 15.2. The molecule has 0 radical (unpaired) electrons. The fourth-order valence-corrected chi connectivity index (χ4v) is 3.45. The Balaban J connectivity index is 2.33. The number of amides is 1. The number of rotatable bonds is 5. The van der Waals surface area contributed by atoms with Crippen LogP contribution in [0.1, 0.15) is 46.0 Å². The number of sulfonamides is 1. The van der Waals surface area contributed by atoms with E-state index in [4.69, 9.17) is 4.42 Å². The second-order valence-electron chi connectivity index (χ2n) is 5.77. The highest BCUT2D eigenvalue weighted by molar-refractivity contribution is 7.89.